The highest BCUT2D eigenvalue weighted by Gasteiger charge is 2.45. The molecule has 4 aliphatic rings. The summed E-state index contributed by atoms with van der Waals surface area (Å²) in [6, 6.07) is 4.59. The number of benzene rings is 1. The topological polar surface area (TPSA) is 85.4 Å². The molecule has 9 nitrogen and oxygen atoms in total. The minimum Gasteiger partial charge on any atom is -0.324 e. The molecule has 2 unspecified atom stereocenters. The van der Waals surface area contributed by atoms with Gasteiger partial charge in [0.05, 0.1) is 11.7 Å². The third kappa shape index (κ3) is 3.18. The highest BCUT2D eigenvalue weighted by Crippen LogP contribution is 2.40. The normalized spacial score (nSPS) is 28.2. The van der Waals surface area contributed by atoms with Crippen LogP contribution >= 0.6 is 0 Å². The van der Waals surface area contributed by atoms with Crippen molar-refractivity contribution in [2.75, 3.05) is 36.0 Å². The van der Waals surface area contributed by atoms with E-state index in [1.807, 2.05) is 11.9 Å². The van der Waals surface area contributed by atoms with Crippen LogP contribution in [0.3, 0.4) is 0 Å². The first-order valence-corrected chi connectivity index (χ1v) is 11.0. The van der Waals surface area contributed by atoms with Crippen LogP contribution in [-0.4, -0.2) is 59.3 Å². The number of halogens is 2. The highest BCUT2D eigenvalue weighted by molar-refractivity contribution is 6.21. The third-order valence-electron chi connectivity index (χ3n) is 6.69. The van der Waals surface area contributed by atoms with Crippen LogP contribution in [0.4, 0.5) is 20.5 Å². The predicted molar refractivity (Wildman–Crippen MR) is 114 cm³/mol. The molecule has 1 saturated carbocycles. The maximum atomic E-state index is 14.0. The van der Waals surface area contributed by atoms with E-state index in [1.54, 1.807) is 11.0 Å². The Morgan fingerprint density at radius 2 is 1.97 bits per heavy atom. The van der Waals surface area contributed by atoms with E-state index in [9.17, 15) is 8.78 Å². The number of aromatic nitrogens is 2. The van der Waals surface area contributed by atoms with Crippen LogP contribution in [0.1, 0.15) is 25.1 Å². The Balaban J connectivity index is 1.31. The molecule has 2 atom stereocenters. The van der Waals surface area contributed by atoms with Crippen LogP contribution in [0, 0.1) is 30.4 Å². The van der Waals surface area contributed by atoms with E-state index >= 15 is 0 Å². The van der Waals surface area contributed by atoms with Gasteiger partial charge in [-0.15, -0.1) is 0 Å². The summed E-state index contributed by atoms with van der Waals surface area (Å²) in [7, 11) is 0. The maximum Gasteiger partial charge on any atom is 0.324 e. The predicted octanol–water partition coefficient (Wildman–Crippen LogP) is 2.31. The van der Waals surface area contributed by atoms with Gasteiger partial charge in [0.1, 0.15) is 0 Å². The molecule has 4 heterocycles. The molecule has 32 heavy (non-hydrogen) atoms. The Hall–Kier alpha value is -3.24. The summed E-state index contributed by atoms with van der Waals surface area (Å²) in [5.41, 5.74) is 3.85. The summed E-state index contributed by atoms with van der Waals surface area (Å²) < 4.78 is 33.0. The van der Waals surface area contributed by atoms with E-state index in [1.165, 1.54) is 6.07 Å². The molecular formula is C21H24F2N8O. The van der Waals surface area contributed by atoms with E-state index in [4.69, 9.17) is 9.52 Å². The van der Waals surface area contributed by atoms with Crippen LogP contribution in [-0.2, 0) is 0 Å². The first kappa shape index (κ1) is 19.4. The number of aliphatic imine (C=N–C) groups is 2. The maximum absolute atomic E-state index is 14.0. The number of rotatable bonds is 3. The molecule has 168 valence electrons. The van der Waals surface area contributed by atoms with Gasteiger partial charge in [0, 0.05) is 32.2 Å². The van der Waals surface area contributed by atoms with Crippen molar-refractivity contribution in [2.45, 2.75) is 32.2 Å². The zero-order chi connectivity index (χ0) is 21.8. The lowest BCUT2D eigenvalue weighted by atomic mass is 9.93. The minimum atomic E-state index is -0.889. The zero-order valence-electron chi connectivity index (χ0n) is 17.7. The van der Waals surface area contributed by atoms with Gasteiger partial charge < -0.3 is 9.42 Å². The van der Waals surface area contributed by atoms with E-state index in [-0.39, 0.29) is 6.04 Å². The fourth-order valence-corrected chi connectivity index (χ4v) is 5.22. The van der Waals surface area contributed by atoms with Crippen LogP contribution in [0.5, 0.6) is 0 Å². The van der Waals surface area contributed by atoms with Gasteiger partial charge in [-0.25, -0.2) is 18.7 Å². The quantitative estimate of drug-likeness (QED) is 0.781. The van der Waals surface area contributed by atoms with Crippen molar-refractivity contribution in [3.8, 4) is 0 Å². The standard InChI is InChI=1S/C21H24F2N8O/c1-12-25-21(32-28-12)29-10-13-3-4-14(11-29)18(13)26-19-27-30-8-2-7-24-20(30)31(19)15-5-6-16(22)17(23)9-15/h5-6,9,13-14,18H,2-4,7-8,10-11H2,1H3,(H,26,27). The van der Waals surface area contributed by atoms with Crippen molar-refractivity contribution >= 4 is 23.6 Å². The molecule has 2 bridgehead atoms. The van der Waals surface area contributed by atoms with Crippen molar-refractivity contribution in [1.82, 2.24) is 20.6 Å². The second-order valence-electron chi connectivity index (χ2n) is 8.80. The minimum absolute atomic E-state index is 0.118. The fraction of sp³-hybridized carbons (Fsp3) is 0.524. The molecule has 2 saturated heterocycles. The van der Waals surface area contributed by atoms with Crippen molar-refractivity contribution in [3.63, 3.8) is 0 Å². The first-order chi connectivity index (χ1) is 15.6. The van der Waals surface area contributed by atoms with Gasteiger partial charge in [-0.2, -0.15) is 4.98 Å². The summed E-state index contributed by atoms with van der Waals surface area (Å²) >= 11 is 0. The summed E-state index contributed by atoms with van der Waals surface area (Å²) in [5.74, 6) is 0.851. The first-order valence-electron chi connectivity index (χ1n) is 11.0. The third-order valence-corrected chi connectivity index (χ3v) is 6.69. The molecule has 0 spiro atoms. The second kappa shape index (κ2) is 7.42. The lowest BCUT2D eigenvalue weighted by Gasteiger charge is -2.35. The Kier molecular flexibility index (Phi) is 4.51. The summed E-state index contributed by atoms with van der Waals surface area (Å²) in [6.07, 6.45) is 3.07. The van der Waals surface area contributed by atoms with Gasteiger partial charge in [0.25, 0.3) is 0 Å². The number of nitrogens with zero attached hydrogens (tertiary/aromatic N) is 7. The summed E-state index contributed by atoms with van der Waals surface area (Å²) in [4.78, 5) is 18.1. The van der Waals surface area contributed by atoms with Crippen LogP contribution in [0.15, 0.2) is 32.7 Å². The van der Waals surface area contributed by atoms with Crippen molar-refractivity contribution in [2.24, 2.45) is 21.8 Å². The Labute approximate surface area is 183 Å². The second-order valence-corrected chi connectivity index (χ2v) is 8.80. The van der Waals surface area contributed by atoms with Crippen LogP contribution in [0.25, 0.3) is 0 Å². The number of anilines is 2. The average Bonchev–Trinajstić information content (AvgIpc) is 3.44. The molecular weight excluding hydrogens is 418 g/mol. The molecule has 3 fully saturated rings. The lowest BCUT2D eigenvalue weighted by Crippen LogP contribution is -2.46. The van der Waals surface area contributed by atoms with E-state index in [0.29, 0.717) is 47.8 Å². The number of guanidine groups is 2. The van der Waals surface area contributed by atoms with Gasteiger partial charge in [0.15, 0.2) is 17.5 Å². The van der Waals surface area contributed by atoms with Crippen molar-refractivity contribution in [1.29, 1.82) is 0 Å². The molecule has 1 N–H and O–H groups in total. The zero-order valence-corrected chi connectivity index (χ0v) is 17.7. The summed E-state index contributed by atoms with van der Waals surface area (Å²) in [5, 5.41) is 5.85. The van der Waals surface area contributed by atoms with Crippen LogP contribution in [0.2, 0.25) is 0 Å². The van der Waals surface area contributed by atoms with Crippen molar-refractivity contribution in [3.05, 3.63) is 35.7 Å². The van der Waals surface area contributed by atoms with Gasteiger partial charge >= 0.3 is 6.01 Å². The number of nitrogens with one attached hydrogen (secondary N) is 1. The van der Waals surface area contributed by atoms with Gasteiger partial charge in [0.2, 0.25) is 11.9 Å². The molecule has 0 radical (unpaired) electrons. The molecule has 1 aromatic heterocycles. The van der Waals surface area contributed by atoms with Gasteiger partial charge in [-0.1, -0.05) is 5.16 Å². The molecule has 3 aliphatic heterocycles. The lowest BCUT2D eigenvalue weighted by molar-refractivity contribution is 0.325. The molecule has 11 heteroatoms. The number of hydrogen-bond donors (Lipinski definition) is 1. The highest BCUT2D eigenvalue weighted by atomic mass is 19.2. The number of fused-ring (bicyclic) bond motifs is 3. The number of hydrogen-bond acceptors (Lipinski definition) is 7. The van der Waals surface area contributed by atoms with E-state index in [2.05, 4.69) is 25.5 Å². The van der Waals surface area contributed by atoms with Crippen LogP contribution < -0.4 is 15.2 Å². The Morgan fingerprint density at radius 1 is 1.16 bits per heavy atom. The Bertz CT molecular complexity index is 1090. The summed E-state index contributed by atoms with van der Waals surface area (Å²) in [6.45, 7) is 4.88. The monoisotopic (exact) mass is 442 g/mol. The van der Waals surface area contributed by atoms with E-state index < -0.39 is 11.6 Å². The number of hydrazine groups is 1. The number of piperidine rings is 1. The molecule has 2 aromatic rings. The Morgan fingerprint density at radius 3 is 2.69 bits per heavy atom. The van der Waals surface area contributed by atoms with Gasteiger partial charge in [-0.05, 0) is 50.2 Å². The SMILES string of the molecule is Cc1noc(N2CC3CCC(C2)C3N=C2NN3CCCN=C3N2c2ccc(F)c(F)c2)n1. The van der Waals surface area contributed by atoms with Crippen molar-refractivity contribution < 1.29 is 13.3 Å². The average molecular weight is 442 g/mol. The molecule has 0 amide bonds. The molecule has 1 aromatic carbocycles. The largest absolute Gasteiger partial charge is 0.324 e. The molecule has 6 rings (SSSR count). The molecule has 1 aliphatic carbocycles. The smallest absolute Gasteiger partial charge is 0.324 e. The van der Waals surface area contributed by atoms with E-state index in [0.717, 1.165) is 45.0 Å². The number of aryl methyl sites for hydroxylation is 1. The fourth-order valence-electron chi connectivity index (χ4n) is 5.22. The van der Waals surface area contributed by atoms with Gasteiger partial charge in [-0.3, -0.25) is 15.4 Å².